The fourth-order valence-electron chi connectivity index (χ4n) is 3.76. The van der Waals surface area contributed by atoms with Crippen LogP contribution in [0.2, 0.25) is 0 Å². The van der Waals surface area contributed by atoms with Crippen molar-refractivity contribution in [2.24, 2.45) is 17.6 Å². The highest BCUT2D eigenvalue weighted by molar-refractivity contribution is 7.99. The van der Waals surface area contributed by atoms with Crippen molar-refractivity contribution in [3.8, 4) is 0 Å². The number of nitrogens with two attached hydrogens (primary N) is 1. The van der Waals surface area contributed by atoms with Crippen LogP contribution in [0.4, 0.5) is 4.39 Å². The van der Waals surface area contributed by atoms with Crippen molar-refractivity contribution in [3.63, 3.8) is 0 Å². The molecule has 1 aromatic rings. The number of alkyl halides is 1. The number of thioether (sulfide) groups is 1. The molecular weight excluding hydrogens is 389 g/mol. The van der Waals surface area contributed by atoms with Gasteiger partial charge < -0.3 is 16.4 Å². The Balaban J connectivity index is 2.09. The van der Waals surface area contributed by atoms with Crippen molar-refractivity contribution in [2.75, 3.05) is 6.54 Å². The number of rotatable bonds is 10. The van der Waals surface area contributed by atoms with E-state index in [-0.39, 0.29) is 18.4 Å². The van der Waals surface area contributed by atoms with Gasteiger partial charge in [-0.15, -0.1) is 0 Å². The van der Waals surface area contributed by atoms with E-state index < -0.39 is 23.5 Å². The third kappa shape index (κ3) is 7.97. The zero-order chi connectivity index (χ0) is 21.2. The first-order valence-corrected chi connectivity index (χ1v) is 11.4. The lowest BCUT2D eigenvalue weighted by atomic mass is 9.85. The number of nitrogens with one attached hydrogen (secondary N) is 2. The number of benzene rings is 1. The molecule has 0 aliphatic heterocycles. The van der Waals surface area contributed by atoms with E-state index >= 15 is 4.39 Å². The summed E-state index contributed by atoms with van der Waals surface area (Å²) in [4.78, 5) is 25.5. The van der Waals surface area contributed by atoms with E-state index in [0.717, 1.165) is 42.3 Å². The van der Waals surface area contributed by atoms with Crippen LogP contribution in [-0.2, 0) is 9.59 Å². The summed E-state index contributed by atoms with van der Waals surface area (Å²) in [6, 6.07) is 8.05. The third-order valence-corrected chi connectivity index (χ3v) is 6.50. The molecule has 7 heteroatoms. The topological polar surface area (TPSA) is 84.2 Å². The van der Waals surface area contributed by atoms with Gasteiger partial charge in [-0.05, 0) is 30.4 Å². The molecule has 3 atom stereocenters. The molecule has 162 valence electrons. The van der Waals surface area contributed by atoms with Crippen molar-refractivity contribution in [2.45, 2.75) is 74.9 Å². The van der Waals surface area contributed by atoms with Crippen LogP contribution in [-0.4, -0.2) is 35.9 Å². The van der Waals surface area contributed by atoms with Gasteiger partial charge in [0.25, 0.3) is 0 Å². The highest BCUT2D eigenvalue weighted by atomic mass is 32.2. The fraction of sp³-hybridized carbons (Fsp3) is 0.636. The van der Waals surface area contributed by atoms with Crippen molar-refractivity contribution in [1.82, 2.24) is 10.6 Å². The first kappa shape index (κ1) is 23.7. The van der Waals surface area contributed by atoms with Gasteiger partial charge in [0.05, 0.1) is 12.6 Å². The third-order valence-electron chi connectivity index (χ3n) is 5.40. The number of hydrogen-bond donors (Lipinski definition) is 3. The van der Waals surface area contributed by atoms with Gasteiger partial charge in [0.15, 0.2) is 5.50 Å². The quantitative estimate of drug-likeness (QED) is 0.502. The van der Waals surface area contributed by atoms with Crippen LogP contribution in [0.5, 0.6) is 0 Å². The second-order valence-corrected chi connectivity index (χ2v) is 9.29. The predicted octanol–water partition coefficient (Wildman–Crippen LogP) is 3.63. The van der Waals surface area contributed by atoms with Crippen LogP contribution < -0.4 is 16.4 Å². The number of amides is 2. The molecule has 2 rings (SSSR count). The van der Waals surface area contributed by atoms with Gasteiger partial charge in [0.1, 0.15) is 6.04 Å². The molecule has 1 aliphatic rings. The Morgan fingerprint density at radius 2 is 1.79 bits per heavy atom. The van der Waals surface area contributed by atoms with Gasteiger partial charge in [-0.3, -0.25) is 9.59 Å². The summed E-state index contributed by atoms with van der Waals surface area (Å²) in [6.07, 6.45) is 6.32. The Bertz CT molecular complexity index is 638. The van der Waals surface area contributed by atoms with E-state index in [1.165, 1.54) is 6.42 Å². The summed E-state index contributed by atoms with van der Waals surface area (Å²) in [6.45, 7) is 3.52. The second-order valence-electron chi connectivity index (χ2n) is 8.13. The monoisotopic (exact) mass is 423 g/mol. The van der Waals surface area contributed by atoms with E-state index in [4.69, 9.17) is 5.73 Å². The van der Waals surface area contributed by atoms with Crippen LogP contribution in [0, 0.1) is 11.8 Å². The summed E-state index contributed by atoms with van der Waals surface area (Å²) >= 11 is 1.13. The van der Waals surface area contributed by atoms with Gasteiger partial charge in [0.2, 0.25) is 11.8 Å². The Morgan fingerprint density at radius 3 is 2.38 bits per heavy atom. The number of carbonyl (C=O) groups is 2. The molecule has 0 spiro atoms. The lowest BCUT2D eigenvalue weighted by Crippen LogP contribution is -2.54. The molecule has 29 heavy (non-hydrogen) atoms. The van der Waals surface area contributed by atoms with Gasteiger partial charge >= 0.3 is 0 Å². The minimum absolute atomic E-state index is 0.124. The molecule has 2 amide bonds. The average molecular weight is 424 g/mol. The van der Waals surface area contributed by atoms with Gasteiger partial charge in [-0.25, -0.2) is 4.39 Å². The molecule has 1 fully saturated rings. The summed E-state index contributed by atoms with van der Waals surface area (Å²) in [5, 5.41) is 5.56. The Hall–Kier alpha value is -1.60. The summed E-state index contributed by atoms with van der Waals surface area (Å²) in [5.74, 6) is -0.447. The normalized spacial score (nSPS) is 18.1. The lowest BCUT2D eigenvalue weighted by Gasteiger charge is -2.31. The SMILES string of the molecule is CC(C)[C@H](NC(=O)CN)C(=O)N[C@@H](CC1CCCCC1)C(F)Sc1ccccc1. The Labute approximate surface area is 177 Å². The first-order chi connectivity index (χ1) is 13.9. The Morgan fingerprint density at radius 1 is 1.14 bits per heavy atom. The minimum Gasteiger partial charge on any atom is -0.348 e. The molecular formula is C22H34FN3O2S. The van der Waals surface area contributed by atoms with Crippen LogP contribution in [0.25, 0.3) is 0 Å². The fourth-order valence-corrected chi connectivity index (χ4v) is 4.68. The molecule has 1 aliphatic carbocycles. The maximum atomic E-state index is 15.3. The van der Waals surface area contributed by atoms with Crippen LogP contribution >= 0.6 is 11.8 Å². The zero-order valence-corrected chi connectivity index (χ0v) is 18.2. The second kappa shape index (κ2) is 12.2. The number of hydrogen-bond acceptors (Lipinski definition) is 4. The summed E-state index contributed by atoms with van der Waals surface area (Å²) in [5.41, 5.74) is 4.11. The smallest absolute Gasteiger partial charge is 0.243 e. The van der Waals surface area contributed by atoms with E-state index in [9.17, 15) is 9.59 Å². The van der Waals surface area contributed by atoms with Crippen LogP contribution in [0.3, 0.4) is 0 Å². The molecule has 5 nitrogen and oxygen atoms in total. The van der Waals surface area contributed by atoms with E-state index in [1.54, 1.807) is 0 Å². The molecule has 0 heterocycles. The summed E-state index contributed by atoms with van der Waals surface area (Å²) in [7, 11) is 0. The highest BCUT2D eigenvalue weighted by Gasteiger charge is 2.32. The zero-order valence-electron chi connectivity index (χ0n) is 17.4. The molecule has 4 N–H and O–H groups in total. The van der Waals surface area contributed by atoms with Gasteiger partial charge in [-0.2, -0.15) is 0 Å². The van der Waals surface area contributed by atoms with E-state index in [2.05, 4.69) is 10.6 Å². The molecule has 1 aromatic carbocycles. The van der Waals surface area contributed by atoms with Crippen LogP contribution in [0.1, 0.15) is 52.4 Å². The highest BCUT2D eigenvalue weighted by Crippen LogP contribution is 2.33. The lowest BCUT2D eigenvalue weighted by molar-refractivity contribution is -0.130. The molecule has 1 saturated carbocycles. The summed E-state index contributed by atoms with van der Waals surface area (Å²) < 4.78 is 15.3. The van der Waals surface area contributed by atoms with E-state index in [0.29, 0.717) is 12.3 Å². The van der Waals surface area contributed by atoms with Crippen molar-refractivity contribution >= 4 is 23.6 Å². The van der Waals surface area contributed by atoms with Crippen molar-refractivity contribution < 1.29 is 14.0 Å². The van der Waals surface area contributed by atoms with Crippen molar-refractivity contribution in [1.29, 1.82) is 0 Å². The number of carbonyl (C=O) groups excluding carboxylic acids is 2. The predicted molar refractivity (Wildman–Crippen MR) is 116 cm³/mol. The van der Waals surface area contributed by atoms with Crippen molar-refractivity contribution in [3.05, 3.63) is 30.3 Å². The first-order valence-electron chi connectivity index (χ1n) is 10.6. The minimum atomic E-state index is -1.26. The largest absolute Gasteiger partial charge is 0.348 e. The standard InChI is InChI=1S/C22H34FN3O2S/c1-15(2)20(26-19(27)14-24)22(28)25-18(13-16-9-5-3-6-10-16)21(23)29-17-11-7-4-8-12-17/h4,7-8,11-12,15-16,18,20-21H,3,5-6,9-10,13-14,24H2,1-2H3,(H,25,28)(H,26,27)/t18-,20-,21?/m0/s1. The molecule has 0 saturated heterocycles. The molecule has 0 bridgehead atoms. The van der Waals surface area contributed by atoms with Gasteiger partial charge in [-0.1, -0.05) is 75.9 Å². The number of halogens is 1. The maximum absolute atomic E-state index is 15.3. The molecule has 0 aromatic heterocycles. The Kier molecular flexibility index (Phi) is 9.94. The van der Waals surface area contributed by atoms with E-state index in [1.807, 2.05) is 44.2 Å². The van der Waals surface area contributed by atoms with Gasteiger partial charge in [0, 0.05) is 4.90 Å². The average Bonchev–Trinajstić information content (AvgIpc) is 2.72. The molecule has 1 unspecified atom stereocenters. The molecule has 0 radical (unpaired) electrons. The van der Waals surface area contributed by atoms with Crippen LogP contribution in [0.15, 0.2) is 35.2 Å². The maximum Gasteiger partial charge on any atom is 0.243 e.